The summed E-state index contributed by atoms with van der Waals surface area (Å²) in [5, 5.41) is 7.44. The summed E-state index contributed by atoms with van der Waals surface area (Å²) in [6.45, 7) is 1.14. The van der Waals surface area contributed by atoms with E-state index in [0.29, 0.717) is 18.3 Å². The molecule has 0 atom stereocenters. The number of hydrogen-bond donors (Lipinski definition) is 4. The van der Waals surface area contributed by atoms with Gasteiger partial charge in [0.2, 0.25) is 0 Å². The maximum atomic E-state index is 11.1. The number of carbonyl (C=O) groups excluding carboxylic acids is 1. The largest absolute Gasteiger partial charge is 0.497 e. The Morgan fingerprint density at radius 1 is 1.19 bits per heavy atom. The van der Waals surface area contributed by atoms with Crippen LogP contribution in [0.1, 0.15) is 28.4 Å². The molecule has 3 aromatic rings. The first-order valence-corrected chi connectivity index (χ1v) is 9.60. The molecule has 10 heteroatoms. The Bertz CT molecular complexity index is 1040. The highest BCUT2D eigenvalue weighted by Crippen LogP contribution is 2.31. The van der Waals surface area contributed by atoms with Crippen molar-refractivity contribution in [3.63, 3.8) is 0 Å². The molecular formula is C21H28IN5O4. The fourth-order valence-electron chi connectivity index (χ4n) is 3.14. The van der Waals surface area contributed by atoms with Crippen LogP contribution in [0.15, 0.2) is 39.7 Å². The number of aromatic nitrogens is 1. The Balaban J connectivity index is 0.00000341. The summed E-state index contributed by atoms with van der Waals surface area (Å²) in [7, 11) is 4.99. The number of methoxy groups -OCH3 is 2. The number of aliphatic imine (C=N–C) groups is 1. The van der Waals surface area contributed by atoms with E-state index in [-0.39, 0.29) is 29.7 Å². The van der Waals surface area contributed by atoms with Crippen molar-refractivity contribution in [3.05, 3.63) is 47.5 Å². The number of ether oxygens (including phenoxy) is 2. The van der Waals surface area contributed by atoms with Gasteiger partial charge in [-0.3, -0.25) is 9.79 Å². The van der Waals surface area contributed by atoms with Gasteiger partial charge in [-0.05, 0) is 31.0 Å². The maximum Gasteiger partial charge on any atom is 0.284 e. The van der Waals surface area contributed by atoms with Gasteiger partial charge in [-0.25, -0.2) is 0 Å². The molecule has 0 spiro atoms. The molecule has 0 saturated carbocycles. The number of halogens is 1. The molecule has 3 rings (SSSR count). The fraction of sp³-hybridized carbons (Fsp3) is 0.333. The number of benzene rings is 1. The number of fused-ring (bicyclic) bond motifs is 1. The predicted octanol–water partition coefficient (Wildman–Crippen LogP) is 2.79. The molecule has 5 N–H and O–H groups in total. The number of guanidine groups is 1. The van der Waals surface area contributed by atoms with Crippen molar-refractivity contribution in [1.29, 1.82) is 0 Å². The molecule has 2 heterocycles. The number of hydrogen-bond acceptors (Lipinski definition) is 5. The molecule has 168 valence electrons. The van der Waals surface area contributed by atoms with Gasteiger partial charge in [0.15, 0.2) is 11.7 Å². The number of aromatic amines is 1. The highest BCUT2D eigenvalue weighted by atomic mass is 127. The molecule has 1 amide bonds. The third-order valence-corrected chi connectivity index (χ3v) is 4.66. The second kappa shape index (κ2) is 11.5. The summed E-state index contributed by atoms with van der Waals surface area (Å²) < 4.78 is 16.1. The SMILES string of the molecule is CN=C(NCCCc1cc2c(OC)cc(OC)cc2[nH]1)NCc1ccc(C(N)=O)o1.I. The lowest BCUT2D eigenvalue weighted by atomic mass is 10.2. The van der Waals surface area contributed by atoms with E-state index in [4.69, 9.17) is 19.6 Å². The number of amides is 1. The lowest BCUT2D eigenvalue weighted by Gasteiger charge is -2.10. The average Bonchev–Trinajstić information content (AvgIpc) is 3.39. The molecule has 0 fully saturated rings. The lowest BCUT2D eigenvalue weighted by molar-refractivity contribution is 0.0972. The summed E-state index contributed by atoms with van der Waals surface area (Å²) in [6.07, 6.45) is 1.77. The molecule has 0 aliphatic rings. The zero-order valence-electron chi connectivity index (χ0n) is 17.8. The molecular weight excluding hydrogens is 513 g/mol. The molecule has 0 saturated heterocycles. The first kappa shape index (κ1) is 24.4. The topological polar surface area (TPSA) is 127 Å². The van der Waals surface area contributed by atoms with E-state index in [2.05, 4.69) is 26.7 Å². The van der Waals surface area contributed by atoms with Crippen LogP contribution in [0.2, 0.25) is 0 Å². The standard InChI is InChI=1S/C21H27N5O4.HI/c1-23-21(25-12-14-6-7-18(30-14)20(22)27)24-8-4-5-13-9-16-17(26-13)10-15(28-2)11-19(16)29-3;/h6-7,9-11,26H,4-5,8,12H2,1-3H3,(H2,22,27)(H2,23,24,25);1H. The Morgan fingerprint density at radius 2 is 2.00 bits per heavy atom. The van der Waals surface area contributed by atoms with E-state index in [1.165, 1.54) is 0 Å². The quantitative estimate of drug-likeness (QED) is 0.143. The second-order valence-electron chi connectivity index (χ2n) is 6.67. The summed E-state index contributed by atoms with van der Waals surface area (Å²) in [4.78, 5) is 18.7. The first-order chi connectivity index (χ1) is 14.5. The van der Waals surface area contributed by atoms with Gasteiger partial charge in [0, 0.05) is 36.8 Å². The van der Waals surface area contributed by atoms with Crippen LogP contribution in [0.5, 0.6) is 11.5 Å². The van der Waals surface area contributed by atoms with Gasteiger partial charge in [-0.2, -0.15) is 0 Å². The number of nitrogens with zero attached hydrogens (tertiary/aromatic N) is 1. The van der Waals surface area contributed by atoms with Crippen LogP contribution < -0.4 is 25.8 Å². The van der Waals surface area contributed by atoms with Crippen molar-refractivity contribution in [3.8, 4) is 11.5 Å². The van der Waals surface area contributed by atoms with E-state index >= 15 is 0 Å². The molecule has 1 aromatic carbocycles. The summed E-state index contributed by atoms with van der Waals surface area (Å²) in [5.41, 5.74) is 7.30. The van der Waals surface area contributed by atoms with E-state index < -0.39 is 5.91 Å². The summed E-state index contributed by atoms with van der Waals surface area (Å²) in [5.74, 6) is 2.35. The van der Waals surface area contributed by atoms with Crippen molar-refractivity contribution in [2.45, 2.75) is 19.4 Å². The second-order valence-corrected chi connectivity index (χ2v) is 6.67. The van der Waals surface area contributed by atoms with Crippen LogP contribution in [0.25, 0.3) is 10.9 Å². The van der Waals surface area contributed by atoms with Gasteiger partial charge >= 0.3 is 0 Å². The van der Waals surface area contributed by atoms with Crippen LogP contribution in [0.4, 0.5) is 0 Å². The highest BCUT2D eigenvalue weighted by molar-refractivity contribution is 14.0. The first-order valence-electron chi connectivity index (χ1n) is 9.60. The van der Waals surface area contributed by atoms with Crippen molar-refractivity contribution in [2.24, 2.45) is 10.7 Å². The molecule has 0 aliphatic carbocycles. The van der Waals surface area contributed by atoms with E-state index in [9.17, 15) is 4.79 Å². The number of aryl methyl sites for hydroxylation is 1. The Morgan fingerprint density at radius 3 is 2.65 bits per heavy atom. The number of rotatable bonds is 9. The third kappa shape index (κ3) is 6.29. The van der Waals surface area contributed by atoms with Crippen LogP contribution in [0, 0.1) is 0 Å². The molecule has 0 radical (unpaired) electrons. The highest BCUT2D eigenvalue weighted by Gasteiger charge is 2.10. The van der Waals surface area contributed by atoms with Crippen LogP contribution >= 0.6 is 24.0 Å². The van der Waals surface area contributed by atoms with E-state index in [1.54, 1.807) is 33.4 Å². The van der Waals surface area contributed by atoms with Gasteiger partial charge in [0.05, 0.1) is 26.3 Å². The average molecular weight is 541 g/mol. The third-order valence-electron chi connectivity index (χ3n) is 4.66. The summed E-state index contributed by atoms with van der Waals surface area (Å²) >= 11 is 0. The Labute approximate surface area is 197 Å². The Hall–Kier alpha value is -2.89. The van der Waals surface area contributed by atoms with E-state index in [0.717, 1.165) is 47.5 Å². The van der Waals surface area contributed by atoms with Crippen molar-refractivity contribution in [2.75, 3.05) is 27.8 Å². The van der Waals surface area contributed by atoms with Gasteiger partial charge in [-0.1, -0.05) is 0 Å². The number of furan rings is 1. The van der Waals surface area contributed by atoms with Gasteiger partial charge in [0.1, 0.15) is 17.3 Å². The fourth-order valence-corrected chi connectivity index (χ4v) is 3.14. The molecule has 0 unspecified atom stereocenters. The molecule has 0 bridgehead atoms. The van der Waals surface area contributed by atoms with Gasteiger partial charge in [0.25, 0.3) is 5.91 Å². The minimum Gasteiger partial charge on any atom is -0.497 e. The molecule has 9 nitrogen and oxygen atoms in total. The van der Waals surface area contributed by atoms with Crippen molar-refractivity contribution < 1.29 is 18.7 Å². The van der Waals surface area contributed by atoms with Crippen LogP contribution in [0.3, 0.4) is 0 Å². The maximum absolute atomic E-state index is 11.1. The monoisotopic (exact) mass is 541 g/mol. The number of nitrogens with two attached hydrogens (primary N) is 1. The molecule has 2 aromatic heterocycles. The van der Waals surface area contributed by atoms with Crippen LogP contribution in [-0.2, 0) is 13.0 Å². The van der Waals surface area contributed by atoms with Crippen LogP contribution in [-0.4, -0.2) is 44.7 Å². The zero-order chi connectivity index (χ0) is 21.5. The van der Waals surface area contributed by atoms with E-state index in [1.807, 2.05) is 12.1 Å². The van der Waals surface area contributed by atoms with Gasteiger partial charge < -0.3 is 35.2 Å². The van der Waals surface area contributed by atoms with Crippen molar-refractivity contribution >= 4 is 46.7 Å². The zero-order valence-corrected chi connectivity index (χ0v) is 20.1. The number of nitrogens with one attached hydrogen (secondary N) is 3. The lowest BCUT2D eigenvalue weighted by Crippen LogP contribution is -2.37. The Kier molecular flexibility index (Phi) is 9.03. The molecule has 0 aliphatic heterocycles. The normalized spacial score (nSPS) is 11.1. The minimum atomic E-state index is -0.586. The number of primary amides is 1. The minimum absolute atomic E-state index is 0. The number of H-pyrrole nitrogens is 1. The predicted molar refractivity (Wildman–Crippen MR) is 131 cm³/mol. The summed E-state index contributed by atoms with van der Waals surface area (Å²) in [6, 6.07) is 9.21. The molecule has 31 heavy (non-hydrogen) atoms. The smallest absolute Gasteiger partial charge is 0.284 e. The van der Waals surface area contributed by atoms with Gasteiger partial charge in [-0.15, -0.1) is 24.0 Å². The van der Waals surface area contributed by atoms with Crippen molar-refractivity contribution in [1.82, 2.24) is 15.6 Å². The number of carbonyl (C=O) groups is 1.